The van der Waals surface area contributed by atoms with Crippen LogP contribution in [0.1, 0.15) is 53.5 Å². The molecule has 0 bridgehead atoms. The molecular formula is C22H27NO4. The average molecular weight is 369 g/mol. The fourth-order valence-electron chi connectivity index (χ4n) is 3.00. The third-order valence-corrected chi connectivity index (χ3v) is 4.21. The molecule has 0 aromatic heterocycles. The van der Waals surface area contributed by atoms with Gasteiger partial charge in [-0.2, -0.15) is 0 Å². The zero-order valence-electron chi connectivity index (χ0n) is 16.9. The Morgan fingerprint density at radius 2 is 1.78 bits per heavy atom. The van der Waals surface area contributed by atoms with Gasteiger partial charge in [-0.1, -0.05) is 45.5 Å². The lowest BCUT2D eigenvalue weighted by Crippen LogP contribution is -2.43. The van der Waals surface area contributed by atoms with Crippen molar-refractivity contribution in [1.29, 1.82) is 0 Å². The number of anilines is 1. The number of para-hydroxylation sites is 1. The van der Waals surface area contributed by atoms with E-state index in [1.54, 1.807) is 32.9 Å². The standard InChI is InChI=1S/C22H27NO4/c1-14(2)19(25)23(17-11-9-8-10-16(17)21(3,4)5)20(26)18-12-15(24)13-22(6,7)27-18/h8-12H,1,13H2,2-7H3. The van der Waals surface area contributed by atoms with E-state index in [1.165, 1.54) is 6.08 Å². The summed E-state index contributed by atoms with van der Waals surface area (Å²) in [6.07, 6.45) is 1.35. The topological polar surface area (TPSA) is 63.7 Å². The molecule has 0 saturated heterocycles. The molecule has 1 aromatic rings. The van der Waals surface area contributed by atoms with Crippen LogP contribution in [0.3, 0.4) is 0 Å². The summed E-state index contributed by atoms with van der Waals surface area (Å²) in [5.41, 5.74) is 0.395. The molecule has 2 amide bonds. The zero-order chi connectivity index (χ0) is 20.6. The van der Waals surface area contributed by atoms with Crippen molar-refractivity contribution in [2.24, 2.45) is 0 Å². The molecule has 5 nitrogen and oxygen atoms in total. The van der Waals surface area contributed by atoms with Crippen molar-refractivity contribution in [3.63, 3.8) is 0 Å². The average Bonchev–Trinajstić information content (AvgIpc) is 2.52. The van der Waals surface area contributed by atoms with Crippen molar-refractivity contribution in [2.75, 3.05) is 4.90 Å². The highest BCUT2D eigenvalue weighted by molar-refractivity contribution is 6.25. The van der Waals surface area contributed by atoms with E-state index in [-0.39, 0.29) is 29.0 Å². The maximum absolute atomic E-state index is 13.3. The van der Waals surface area contributed by atoms with Crippen molar-refractivity contribution < 1.29 is 19.1 Å². The number of allylic oxidation sites excluding steroid dienone is 1. The molecule has 144 valence electrons. The Morgan fingerprint density at radius 1 is 1.19 bits per heavy atom. The fourth-order valence-corrected chi connectivity index (χ4v) is 3.00. The van der Waals surface area contributed by atoms with Crippen LogP contribution in [0.2, 0.25) is 0 Å². The van der Waals surface area contributed by atoms with Crippen LogP contribution in [0.25, 0.3) is 0 Å². The molecule has 0 fully saturated rings. The molecule has 2 rings (SSSR count). The first-order valence-electron chi connectivity index (χ1n) is 8.91. The Labute approximate surface area is 160 Å². The van der Waals surface area contributed by atoms with Crippen molar-refractivity contribution >= 4 is 23.3 Å². The number of ether oxygens (including phenoxy) is 1. The van der Waals surface area contributed by atoms with E-state index in [1.807, 2.05) is 32.9 Å². The number of benzene rings is 1. The van der Waals surface area contributed by atoms with Gasteiger partial charge in [0.1, 0.15) is 5.60 Å². The van der Waals surface area contributed by atoms with Crippen LogP contribution < -0.4 is 4.90 Å². The smallest absolute Gasteiger partial charge is 0.300 e. The van der Waals surface area contributed by atoms with Crippen molar-refractivity contribution in [1.82, 2.24) is 0 Å². The molecule has 0 unspecified atom stereocenters. The molecular weight excluding hydrogens is 342 g/mol. The lowest BCUT2D eigenvalue weighted by Gasteiger charge is -2.33. The first-order chi connectivity index (χ1) is 12.3. The number of hydrogen-bond acceptors (Lipinski definition) is 4. The second-order valence-electron chi connectivity index (χ2n) is 8.51. The summed E-state index contributed by atoms with van der Waals surface area (Å²) >= 11 is 0. The summed E-state index contributed by atoms with van der Waals surface area (Å²) in [5, 5.41) is 0. The van der Waals surface area contributed by atoms with Gasteiger partial charge in [0.15, 0.2) is 11.5 Å². The Kier molecular flexibility index (Phi) is 5.45. The number of rotatable bonds is 3. The second-order valence-corrected chi connectivity index (χ2v) is 8.51. The van der Waals surface area contributed by atoms with E-state index in [9.17, 15) is 14.4 Å². The fraction of sp³-hybridized carbons (Fsp3) is 0.409. The summed E-state index contributed by atoms with van der Waals surface area (Å²) in [7, 11) is 0. The van der Waals surface area contributed by atoms with Gasteiger partial charge in [0.25, 0.3) is 5.91 Å². The number of hydrogen-bond donors (Lipinski definition) is 0. The molecule has 0 aliphatic carbocycles. The van der Waals surface area contributed by atoms with Crippen LogP contribution >= 0.6 is 0 Å². The Bertz CT molecular complexity index is 840. The lowest BCUT2D eigenvalue weighted by molar-refractivity contribution is -0.131. The molecule has 0 radical (unpaired) electrons. The van der Waals surface area contributed by atoms with Crippen LogP contribution in [0.4, 0.5) is 5.69 Å². The van der Waals surface area contributed by atoms with Gasteiger partial charge in [0.05, 0.1) is 5.69 Å². The molecule has 1 aliphatic rings. The monoisotopic (exact) mass is 369 g/mol. The maximum Gasteiger partial charge on any atom is 0.300 e. The molecule has 1 aliphatic heterocycles. The minimum absolute atomic E-state index is 0.130. The van der Waals surface area contributed by atoms with E-state index >= 15 is 0 Å². The molecule has 0 atom stereocenters. The minimum Gasteiger partial charge on any atom is -0.481 e. The number of carbonyl (C=O) groups excluding carboxylic acids is 3. The summed E-state index contributed by atoms with van der Waals surface area (Å²) in [4.78, 5) is 39.3. The predicted octanol–water partition coefficient (Wildman–Crippen LogP) is 4.07. The normalized spacial score (nSPS) is 16.2. The Hall–Kier alpha value is -2.69. The van der Waals surface area contributed by atoms with E-state index < -0.39 is 17.4 Å². The van der Waals surface area contributed by atoms with E-state index in [0.29, 0.717) is 5.69 Å². The molecule has 0 N–H and O–H groups in total. The van der Waals surface area contributed by atoms with Crippen LogP contribution in [0.5, 0.6) is 0 Å². The number of carbonyl (C=O) groups is 3. The van der Waals surface area contributed by atoms with Gasteiger partial charge in [-0.25, -0.2) is 4.90 Å². The van der Waals surface area contributed by atoms with E-state index in [0.717, 1.165) is 10.5 Å². The molecule has 0 spiro atoms. The van der Waals surface area contributed by atoms with Crippen LogP contribution in [-0.2, 0) is 24.5 Å². The molecule has 5 heteroatoms. The molecule has 27 heavy (non-hydrogen) atoms. The highest BCUT2D eigenvalue weighted by atomic mass is 16.5. The van der Waals surface area contributed by atoms with Gasteiger partial charge in [0.2, 0.25) is 0 Å². The minimum atomic E-state index is -0.807. The lowest BCUT2D eigenvalue weighted by atomic mass is 9.85. The summed E-state index contributed by atoms with van der Waals surface area (Å²) in [6, 6.07) is 7.23. The van der Waals surface area contributed by atoms with Crippen LogP contribution in [0.15, 0.2) is 48.3 Å². The van der Waals surface area contributed by atoms with Gasteiger partial charge < -0.3 is 4.74 Å². The first kappa shape index (κ1) is 20.6. The zero-order valence-corrected chi connectivity index (χ0v) is 16.9. The Morgan fingerprint density at radius 3 is 2.30 bits per heavy atom. The van der Waals surface area contributed by atoms with Gasteiger partial charge in [-0.3, -0.25) is 14.4 Å². The summed E-state index contributed by atoms with van der Waals surface area (Å²) in [5.74, 6) is -1.53. The number of ketones is 1. The first-order valence-corrected chi connectivity index (χ1v) is 8.91. The molecule has 1 aromatic carbocycles. The van der Waals surface area contributed by atoms with Crippen molar-refractivity contribution in [2.45, 2.75) is 59.0 Å². The highest BCUT2D eigenvalue weighted by Gasteiger charge is 2.37. The summed E-state index contributed by atoms with van der Waals surface area (Å²) in [6.45, 7) is 14.7. The maximum atomic E-state index is 13.3. The SMILES string of the molecule is C=C(C)C(=O)N(C(=O)C1=CC(=O)CC(C)(C)O1)c1ccccc1C(C)(C)C. The highest BCUT2D eigenvalue weighted by Crippen LogP contribution is 2.34. The van der Waals surface area contributed by atoms with Gasteiger partial charge in [0, 0.05) is 18.1 Å². The van der Waals surface area contributed by atoms with E-state index in [2.05, 4.69) is 6.58 Å². The van der Waals surface area contributed by atoms with Gasteiger partial charge in [-0.15, -0.1) is 0 Å². The number of amides is 2. The van der Waals surface area contributed by atoms with Gasteiger partial charge in [-0.05, 0) is 37.8 Å². The second kappa shape index (κ2) is 7.14. The third-order valence-electron chi connectivity index (χ3n) is 4.21. The van der Waals surface area contributed by atoms with Crippen LogP contribution in [0, 0.1) is 0 Å². The van der Waals surface area contributed by atoms with E-state index in [4.69, 9.17) is 4.74 Å². The Balaban J connectivity index is 2.62. The van der Waals surface area contributed by atoms with Gasteiger partial charge >= 0.3 is 5.91 Å². The largest absolute Gasteiger partial charge is 0.481 e. The molecule has 0 saturated carbocycles. The molecule has 1 heterocycles. The number of nitrogens with zero attached hydrogens (tertiary/aromatic N) is 1. The summed E-state index contributed by atoms with van der Waals surface area (Å²) < 4.78 is 5.73. The van der Waals surface area contributed by atoms with Crippen LogP contribution in [-0.4, -0.2) is 23.2 Å². The predicted molar refractivity (Wildman–Crippen MR) is 105 cm³/mol. The number of imide groups is 1. The third kappa shape index (κ3) is 4.54. The van der Waals surface area contributed by atoms with Crippen molar-refractivity contribution in [3.05, 3.63) is 53.8 Å². The quantitative estimate of drug-likeness (QED) is 0.754. The van der Waals surface area contributed by atoms with Crippen molar-refractivity contribution in [3.8, 4) is 0 Å².